The fraction of sp³-hybridized carbons (Fsp3) is 0.333. The molecule has 0 aliphatic heterocycles. The van der Waals surface area contributed by atoms with Crippen molar-refractivity contribution in [2.75, 3.05) is 19.2 Å². The average molecular weight is 429 g/mol. The highest BCUT2D eigenvalue weighted by molar-refractivity contribution is 6.02. The summed E-state index contributed by atoms with van der Waals surface area (Å²) in [7, 11) is 1.26. The topological polar surface area (TPSA) is 112 Å². The zero-order valence-electron chi connectivity index (χ0n) is 16.0. The zero-order chi connectivity index (χ0) is 22.3. The molecule has 2 rings (SSSR count). The molecular formula is C18H19F4N5O3. The van der Waals surface area contributed by atoms with Crippen molar-refractivity contribution in [2.45, 2.75) is 25.4 Å². The first-order chi connectivity index (χ1) is 14.3. The number of amides is 1. The predicted molar refractivity (Wildman–Crippen MR) is 99.8 cm³/mol. The molecule has 0 fully saturated rings. The van der Waals surface area contributed by atoms with Gasteiger partial charge in [0.25, 0.3) is 18.4 Å². The van der Waals surface area contributed by atoms with Crippen LogP contribution in [0.2, 0.25) is 0 Å². The average Bonchev–Trinajstić information content (AvgIpc) is 2.73. The molecule has 2 atom stereocenters. The lowest BCUT2D eigenvalue weighted by atomic mass is 9.94. The van der Waals surface area contributed by atoms with Crippen molar-refractivity contribution >= 4 is 17.6 Å². The van der Waals surface area contributed by atoms with Gasteiger partial charge >= 0.3 is 0 Å². The van der Waals surface area contributed by atoms with E-state index in [9.17, 15) is 22.4 Å². The molecule has 2 aromatic rings. The molecule has 1 aromatic carbocycles. The number of ether oxygens (including phenoxy) is 2. The number of carbonyl (C=O) groups excluding carboxylic acids is 1. The number of hydrogen-bond donors (Lipinski definition) is 2. The molecule has 0 aliphatic carbocycles. The highest BCUT2D eigenvalue weighted by atomic mass is 19.3. The first-order valence-electron chi connectivity index (χ1n) is 8.55. The zero-order valence-corrected chi connectivity index (χ0v) is 16.0. The minimum absolute atomic E-state index is 0.111. The van der Waals surface area contributed by atoms with Crippen LogP contribution in [-0.4, -0.2) is 48.3 Å². The first-order valence-corrected chi connectivity index (χ1v) is 8.55. The highest BCUT2D eigenvalue weighted by Crippen LogP contribution is 2.30. The number of aliphatic imine (C=N–C) groups is 1. The predicted octanol–water partition coefficient (Wildman–Crippen LogP) is 2.87. The summed E-state index contributed by atoms with van der Waals surface area (Å²) in [5.74, 6) is -2.71. The van der Waals surface area contributed by atoms with Gasteiger partial charge in [-0.1, -0.05) is 6.92 Å². The van der Waals surface area contributed by atoms with E-state index < -0.39 is 43.1 Å². The van der Waals surface area contributed by atoms with Crippen molar-refractivity contribution in [3.8, 4) is 5.88 Å². The Kier molecular flexibility index (Phi) is 7.90. The van der Waals surface area contributed by atoms with Gasteiger partial charge in [-0.3, -0.25) is 4.79 Å². The number of carbonyl (C=O) groups is 1. The van der Waals surface area contributed by atoms with Gasteiger partial charge in [0.2, 0.25) is 12.7 Å². The van der Waals surface area contributed by atoms with Gasteiger partial charge in [-0.05, 0) is 23.8 Å². The smallest absolute Gasteiger partial charge is 0.282 e. The van der Waals surface area contributed by atoms with E-state index in [-0.39, 0.29) is 22.8 Å². The van der Waals surface area contributed by atoms with Crippen LogP contribution in [0.25, 0.3) is 0 Å². The maximum atomic E-state index is 14.3. The summed E-state index contributed by atoms with van der Waals surface area (Å²) < 4.78 is 62.6. The Hall–Kier alpha value is -3.44. The second kappa shape index (κ2) is 10.4. The Morgan fingerprint density at radius 1 is 1.30 bits per heavy atom. The summed E-state index contributed by atoms with van der Waals surface area (Å²) in [6, 6.07) is 3.00. The summed E-state index contributed by atoms with van der Waals surface area (Å²) in [6.45, 7) is 0.231. The maximum absolute atomic E-state index is 14.3. The Morgan fingerprint density at radius 2 is 2.03 bits per heavy atom. The molecule has 0 aliphatic rings. The summed E-state index contributed by atoms with van der Waals surface area (Å²) in [6.07, 6.45) is -2.63. The van der Waals surface area contributed by atoms with Crippen LogP contribution in [0.3, 0.4) is 0 Å². The van der Waals surface area contributed by atoms with E-state index in [1.807, 2.05) is 0 Å². The second-order valence-electron chi connectivity index (χ2n) is 5.95. The van der Waals surface area contributed by atoms with Gasteiger partial charge in [0.15, 0.2) is 6.10 Å². The van der Waals surface area contributed by atoms with E-state index >= 15 is 0 Å². The number of hydrogen-bond acceptors (Lipinski definition) is 6. The lowest BCUT2D eigenvalue weighted by molar-refractivity contribution is -0.00972. The highest BCUT2D eigenvalue weighted by Gasteiger charge is 2.32. The molecule has 0 spiro atoms. The van der Waals surface area contributed by atoms with Crippen LogP contribution < -0.4 is 15.8 Å². The van der Waals surface area contributed by atoms with Crippen molar-refractivity contribution < 1.29 is 31.8 Å². The Labute approximate surface area is 169 Å². The standard InChI is InChI=1S/C18H19F4N5O3/c1-9(15(16(21)22)30-18(23)24-2)11-5-10(3-4-12(11)20)27-17(28)13-6-26-14(7-25-13)29-8-19/h3-7,9,15-16H,8H2,1-2H3,(H2,23,24)(H,27,28)/t9-,15+/m1/s1. The van der Waals surface area contributed by atoms with Crippen LogP contribution in [0.5, 0.6) is 5.88 Å². The van der Waals surface area contributed by atoms with Crippen molar-refractivity contribution in [2.24, 2.45) is 10.7 Å². The Balaban J connectivity index is 2.21. The van der Waals surface area contributed by atoms with Crippen molar-refractivity contribution in [3.63, 3.8) is 0 Å². The summed E-state index contributed by atoms with van der Waals surface area (Å²) in [5.41, 5.74) is 5.23. The van der Waals surface area contributed by atoms with Gasteiger partial charge in [0.05, 0.1) is 12.4 Å². The lowest BCUT2D eigenvalue weighted by Crippen LogP contribution is -2.34. The third-order valence-corrected chi connectivity index (χ3v) is 4.03. The van der Waals surface area contributed by atoms with Crippen LogP contribution in [0.1, 0.15) is 28.9 Å². The first kappa shape index (κ1) is 22.8. The van der Waals surface area contributed by atoms with Crippen LogP contribution in [0.15, 0.2) is 35.6 Å². The minimum Gasteiger partial charge on any atom is -0.455 e. The van der Waals surface area contributed by atoms with E-state index in [4.69, 9.17) is 10.5 Å². The number of anilines is 1. The van der Waals surface area contributed by atoms with E-state index in [2.05, 4.69) is 25.0 Å². The van der Waals surface area contributed by atoms with Crippen LogP contribution in [-0.2, 0) is 4.74 Å². The molecule has 1 heterocycles. The van der Waals surface area contributed by atoms with Gasteiger partial charge < -0.3 is 20.5 Å². The number of amidine groups is 1. The third kappa shape index (κ3) is 5.78. The number of alkyl halides is 3. The van der Waals surface area contributed by atoms with Gasteiger partial charge in [0, 0.05) is 18.7 Å². The molecule has 1 aromatic heterocycles. The van der Waals surface area contributed by atoms with Crippen LogP contribution in [0, 0.1) is 5.82 Å². The molecule has 1 amide bonds. The number of nitrogens with one attached hydrogen (secondary N) is 1. The van der Waals surface area contributed by atoms with E-state index in [0.29, 0.717) is 0 Å². The molecule has 8 nitrogen and oxygen atoms in total. The van der Waals surface area contributed by atoms with Crippen LogP contribution >= 0.6 is 0 Å². The number of nitrogens with zero attached hydrogens (tertiary/aromatic N) is 3. The minimum atomic E-state index is -2.97. The monoisotopic (exact) mass is 429 g/mol. The third-order valence-electron chi connectivity index (χ3n) is 4.03. The molecule has 0 radical (unpaired) electrons. The lowest BCUT2D eigenvalue weighted by Gasteiger charge is -2.24. The Bertz CT molecular complexity index is 896. The molecule has 30 heavy (non-hydrogen) atoms. The van der Waals surface area contributed by atoms with Gasteiger partial charge in [-0.25, -0.2) is 32.5 Å². The van der Waals surface area contributed by atoms with Crippen LogP contribution in [0.4, 0.5) is 23.2 Å². The fourth-order valence-electron chi connectivity index (χ4n) is 2.47. The van der Waals surface area contributed by atoms with Crippen molar-refractivity contribution in [1.82, 2.24) is 9.97 Å². The number of aromatic nitrogens is 2. The molecular weight excluding hydrogens is 410 g/mol. The summed E-state index contributed by atoms with van der Waals surface area (Å²) in [5, 5.41) is 2.45. The van der Waals surface area contributed by atoms with E-state index in [0.717, 1.165) is 18.5 Å². The van der Waals surface area contributed by atoms with Gasteiger partial charge in [-0.15, -0.1) is 0 Å². The maximum Gasteiger partial charge on any atom is 0.282 e. The molecule has 0 bridgehead atoms. The summed E-state index contributed by atoms with van der Waals surface area (Å²) in [4.78, 5) is 23.2. The number of nitrogens with two attached hydrogens (primary N) is 1. The Morgan fingerprint density at radius 3 is 2.60 bits per heavy atom. The quantitative estimate of drug-likeness (QED) is 0.379. The number of rotatable bonds is 8. The number of halogens is 4. The molecule has 0 unspecified atom stereocenters. The molecule has 3 N–H and O–H groups in total. The molecule has 0 saturated carbocycles. The van der Waals surface area contributed by atoms with E-state index in [1.54, 1.807) is 0 Å². The SMILES string of the molecule is C/N=C(/N)O[C@H](C(F)F)[C@H](C)c1cc(NC(=O)c2cnc(OCF)cn2)ccc1F. The molecule has 12 heteroatoms. The second-order valence-corrected chi connectivity index (χ2v) is 5.95. The fourth-order valence-corrected chi connectivity index (χ4v) is 2.47. The molecule has 0 saturated heterocycles. The van der Waals surface area contributed by atoms with Crippen molar-refractivity contribution in [3.05, 3.63) is 47.7 Å². The largest absolute Gasteiger partial charge is 0.455 e. The number of benzene rings is 1. The van der Waals surface area contributed by atoms with E-state index in [1.165, 1.54) is 26.1 Å². The molecule has 162 valence electrons. The van der Waals surface area contributed by atoms with Gasteiger partial charge in [-0.2, -0.15) is 0 Å². The summed E-state index contributed by atoms with van der Waals surface area (Å²) >= 11 is 0. The van der Waals surface area contributed by atoms with Gasteiger partial charge in [0.1, 0.15) is 11.5 Å². The van der Waals surface area contributed by atoms with Crippen molar-refractivity contribution in [1.29, 1.82) is 0 Å². The normalized spacial score (nSPS) is 13.6.